The van der Waals surface area contributed by atoms with E-state index in [1.165, 1.54) is 11.3 Å². The molecule has 2 rings (SSSR count). The molecule has 0 spiro atoms. The highest BCUT2D eigenvalue weighted by Crippen LogP contribution is 2.26. The van der Waals surface area contributed by atoms with E-state index in [2.05, 4.69) is 0 Å². The predicted molar refractivity (Wildman–Crippen MR) is 69.1 cm³/mol. The van der Waals surface area contributed by atoms with Gasteiger partial charge in [0, 0.05) is 11.3 Å². The van der Waals surface area contributed by atoms with Crippen LogP contribution in [0.25, 0.3) is 0 Å². The van der Waals surface area contributed by atoms with Crippen LogP contribution in [0.4, 0.5) is 0 Å². The van der Waals surface area contributed by atoms with Crippen molar-refractivity contribution >= 4 is 22.9 Å². The van der Waals surface area contributed by atoms with E-state index in [-0.39, 0.29) is 0 Å². The van der Waals surface area contributed by atoms with Crippen molar-refractivity contribution in [3.05, 3.63) is 56.7 Å². The minimum atomic E-state index is -0.558. The van der Waals surface area contributed by atoms with Gasteiger partial charge in [0.15, 0.2) is 0 Å². The van der Waals surface area contributed by atoms with Crippen LogP contribution in [0.15, 0.2) is 36.4 Å². The first-order chi connectivity index (χ1) is 8.19. The topological polar surface area (TPSA) is 44.0 Å². The maximum atomic E-state index is 10.0. The monoisotopic (exact) mass is 263 g/mol. The van der Waals surface area contributed by atoms with Crippen LogP contribution < -0.4 is 0 Å². The number of aliphatic hydroxyl groups is 1. The number of hydrogen-bond acceptors (Lipinski definition) is 3. The normalized spacial score (nSPS) is 12.1. The zero-order chi connectivity index (χ0) is 12.3. The zero-order valence-electron chi connectivity index (χ0n) is 8.93. The van der Waals surface area contributed by atoms with Gasteiger partial charge in [-0.3, -0.25) is 0 Å². The summed E-state index contributed by atoms with van der Waals surface area (Å²) in [5.74, 6) is 0. The lowest BCUT2D eigenvalue weighted by atomic mass is 10.0. The van der Waals surface area contributed by atoms with Crippen LogP contribution in [0.2, 0.25) is 4.34 Å². The zero-order valence-corrected chi connectivity index (χ0v) is 10.5. The molecule has 0 fully saturated rings. The number of nitriles is 1. The number of benzene rings is 1. The van der Waals surface area contributed by atoms with E-state index in [0.717, 1.165) is 14.8 Å². The Hall–Kier alpha value is -1.34. The molecule has 4 heteroatoms. The molecule has 2 nitrogen and oxygen atoms in total. The lowest BCUT2D eigenvalue weighted by molar-refractivity contribution is 0.179. The summed E-state index contributed by atoms with van der Waals surface area (Å²) in [5.41, 5.74) is 1.41. The summed E-state index contributed by atoms with van der Waals surface area (Å²) in [5, 5.41) is 18.7. The van der Waals surface area contributed by atoms with Crippen molar-refractivity contribution in [2.24, 2.45) is 0 Å². The fourth-order valence-corrected chi connectivity index (χ4v) is 2.67. The largest absolute Gasteiger partial charge is 0.388 e. The molecule has 1 heterocycles. The number of nitrogens with zero attached hydrogens (tertiary/aromatic N) is 1. The van der Waals surface area contributed by atoms with E-state index in [4.69, 9.17) is 16.9 Å². The van der Waals surface area contributed by atoms with E-state index in [9.17, 15) is 5.11 Å². The smallest absolute Gasteiger partial charge is 0.0991 e. The van der Waals surface area contributed by atoms with Crippen molar-refractivity contribution in [2.75, 3.05) is 0 Å². The van der Waals surface area contributed by atoms with Gasteiger partial charge in [0.25, 0.3) is 0 Å². The van der Waals surface area contributed by atoms with Crippen molar-refractivity contribution in [1.82, 2.24) is 0 Å². The average molecular weight is 264 g/mol. The molecule has 0 saturated carbocycles. The summed E-state index contributed by atoms with van der Waals surface area (Å²) in [6.45, 7) is 0. The highest BCUT2D eigenvalue weighted by molar-refractivity contribution is 7.16. The lowest BCUT2D eigenvalue weighted by Crippen LogP contribution is -2.00. The van der Waals surface area contributed by atoms with E-state index in [0.29, 0.717) is 12.0 Å². The van der Waals surface area contributed by atoms with Gasteiger partial charge in [0.2, 0.25) is 0 Å². The van der Waals surface area contributed by atoms with E-state index < -0.39 is 6.10 Å². The third-order valence-corrected chi connectivity index (χ3v) is 3.70. The Kier molecular flexibility index (Phi) is 3.80. The number of rotatable bonds is 3. The van der Waals surface area contributed by atoms with Crippen molar-refractivity contribution < 1.29 is 5.11 Å². The van der Waals surface area contributed by atoms with Gasteiger partial charge in [0.05, 0.1) is 22.1 Å². The van der Waals surface area contributed by atoms with Crippen LogP contribution >= 0.6 is 22.9 Å². The summed E-state index contributed by atoms with van der Waals surface area (Å²) in [6, 6.07) is 12.8. The lowest BCUT2D eigenvalue weighted by Gasteiger charge is -2.09. The van der Waals surface area contributed by atoms with Crippen LogP contribution in [0.3, 0.4) is 0 Å². The number of halogens is 1. The first-order valence-electron chi connectivity index (χ1n) is 5.11. The molecule has 0 aliphatic carbocycles. The summed E-state index contributed by atoms with van der Waals surface area (Å²) in [4.78, 5) is 1.05. The second kappa shape index (κ2) is 5.33. The maximum Gasteiger partial charge on any atom is 0.0991 e. The molecule has 0 amide bonds. The standard InChI is InChI=1S/C13H10ClNOS/c14-13-6-5-11(17-13)7-12(16)10-3-1-9(8-15)2-4-10/h1-6,12,16H,7H2. The summed E-state index contributed by atoms with van der Waals surface area (Å²) < 4.78 is 0.729. The minimum Gasteiger partial charge on any atom is -0.388 e. The highest BCUT2D eigenvalue weighted by atomic mass is 35.5. The van der Waals surface area contributed by atoms with Gasteiger partial charge in [-0.15, -0.1) is 11.3 Å². The summed E-state index contributed by atoms with van der Waals surface area (Å²) in [7, 11) is 0. The fraction of sp³-hybridized carbons (Fsp3) is 0.154. The predicted octanol–water partition coefficient (Wildman–Crippen LogP) is 3.55. The van der Waals surface area contributed by atoms with Gasteiger partial charge in [-0.25, -0.2) is 0 Å². The molecule has 1 unspecified atom stereocenters. The van der Waals surface area contributed by atoms with Crippen molar-refractivity contribution in [1.29, 1.82) is 5.26 Å². The quantitative estimate of drug-likeness (QED) is 0.920. The van der Waals surface area contributed by atoms with Crippen LogP contribution in [0, 0.1) is 11.3 Å². The molecule has 0 saturated heterocycles. The van der Waals surface area contributed by atoms with Crippen LogP contribution in [0.1, 0.15) is 22.1 Å². The Morgan fingerprint density at radius 1 is 1.24 bits per heavy atom. The Morgan fingerprint density at radius 3 is 2.47 bits per heavy atom. The van der Waals surface area contributed by atoms with Crippen LogP contribution in [-0.4, -0.2) is 5.11 Å². The molecule has 0 bridgehead atoms. The average Bonchev–Trinajstić information content (AvgIpc) is 2.75. The van der Waals surface area contributed by atoms with Gasteiger partial charge >= 0.3 is 0 Å². The summed E-state index contributed by atoms with van der Waals surface area (Å²) in [6.07, 6.45) is -0.0130. The molecular weight excluding hydrogens is 254 g/mol. The maximum absolute atomic E-state index is 10.0. The van der Waals surface area contributed by atoms with Gasteiger partial charge in [-0.05, 0) is 29.8 Å². The van der Waals surface area contributed by atoms with Crippen molar-refractivity contribution in [2.45, 2.75) is 12.5 Å². The molecule has 2 aromatic rings. The number of thiophene rings is 1. The second-order valence-electron chi connectivity index (χ2n) is 3.66. The molecule has 1 atom stereocenters. The SMILES string of the molecule is N#Cc1ccc(C(O)Cc2ccc(Cl)s2)cc1. The summed E-state index contributed by atoms with van der Waals surface area (Å²) >= 11 is 7.30. The Labute approximate surface area is 109 Å². The van der Waals surface area contributed by atoms with Crippen LogP contribution in [0.5, 0.6) is 0 Å². The molecule has 0 aliphatic rings. The van der Waals surface area contributed by atoms with E-state index in [1.807, 2.05) is 18.2 Å². The van der Waals surface area contributed by atoms with Gasteiger partial charge in [-0.1, -0.05) is 23.7 Å². The molecule has 17 heavy (non-hydrogen) atoms. The third-order valence-electron chi connectivity index (χ3n) is 2.45. The van der Waals surface area contributed by atoms with Crippen LogP contribution in [-0.2, 0) is 6.42 Å². The highest BCUT2D eigenvalue weighted by Gasteiger charge is 2.10. The molecule has 0 radical (unpaired) electrons. The number of hydrogen-bond donors (Lipinski definition) is 1. The van der Waals surface area contributed by atoms with Gasteiger partial charge in [-0.2, -0.15) is 5.26 Å². The van der Waals surface area contributed by atoms with Crippen molar-refractivity contribution in [3.8, 4) is 6.07 Å². The Balaban J connectivity index is 2.09. The Morgan fingerprint density at radius 2 is 1.94 bits per heavy atom. The molecule has 1 aromatic heterocycles. The fourth-order valence-electron chi connectivity index (χ4n) is 1.55. The van der Waals surface area contributed by atoms with Gasteiger partial charge < -0.3 is 5.11 Å². The molecule has 1 aromatic carbocycles. The number of aliphatic hydroxyl groups excluding tert-OH is 1. The second-order valence-corrected chi connectivity index (χ2v) is 5.46. The molecule has 1 N–H and O–H groups in total. The van der Waals surface area contributed by atoms with Gasteiger partial charge in [0.1, 0.15) is 0 Å². The minimum absolute atomic E-state index is 0.545. The first-order valence-corrected chi connectivity index (χ1v) is 6.31. The van der Waals surface area contributed by atoms with Crippen molar-refractivity contribution in [3.63, 3.8) is 0 Å². The third kappa shape index (κ3) is 3.07. The van der Waals surface area contributed by atoms with E-state index in [1.54, 1.807) is 24.3 Å². The molecule has 86 valence electrons. The Bertz CT molecular complexity index is 541. The molecular formula is C13H10ClNOS. The van der Waals surface area contributed by atoms with E-state index >= 15 is 0 Å². The molecule has 0 aliphatic heterocycles. The first kappa shape index (κ1) is 12.1.